The molecule has 1 aromatic carbocycles. The Morgan fingerprint density at radius 3 is 2.57 bits per heavy atom. The highest BCUT2D eigenvalue weighted by Gasteiger charge is 2.54. The third-order valence-electron chi connectivity index (χ3n) is 8.36. The van der Waals surface area contributed by atoms with Gasteiger partial charge in [0.25, 0.3) is 5.91 Å². The second-order valence-corrected chi connectivity index (χ2v) is 11.7. The van der Waals surface area contributed by atoms with Gasteiger partial charge in [-0.15, -0.1) is 0 Å². The van der Waals surface area contributed by atoms with Gasteiger partial charge < -0.3 is 9.64 Å². The Balaban J connectivity index is 1.19. The summed E-state index contributed by atoms with van der Waals surface area (Å²) >= 11 is 0. The number of benzene rings is 1. The second kappa shape index (κ2) is 8.94. The number of para-hydroxylation sites is 1. The van der Waals surface area contributed by atoms with Crippen LogP contribution in [0.5, 0.6) is 0 Å². The molecule has 0 saturated carbocycles. The Hall–Kier alpha value is -3.26. The number of likely N-dealkylation sites (tertiary alicyclic amines) is 2. The van der Waals surface area contributed by atoms with E-state index in [9.17, 15) is 9.59 Å². The molecule has 3 aliphatic heterocycles. The van der Waals surface area contributed by atoms with E-state index in [-0.39, 0.29) is 22.9 Å². The quantitative estimate of drug-likeness (QED) is 0.504. The van der Waals surface area contributed by atoms with Gasteiger partial charge in [0.15, 0.2) is 0 Å². The molecule has 8 nitrogen and oxygen atoms in total. The highest BCUT2D eigenvalue weighted by Crippen LogP contribution is 2.46. The molecular formula is C29H35N5O3. The number of aryl methyl sites for hydroxylation is 1. The first-order chi connectivity index (χ1) is 17.7. The maximum atomic E-state index is 13.8. The minimum absolute atomic E-state index is 0.0249. The van der Waals surface area contributed by atoms with E-state index in [1.807, 2.05) is 68.4 Å². The number of pyridine rings is 1. The van der Waals surface area contributed by atoms with E-state index < -0.39 is 0 Å². The zero-order chi connectivity index (χ0) is 25.8. The number of hydrogen-bond acceptors (Lipinski definition) is 6. The van der Waals surface area contributed by atoms with Crippen molar-refractivity contribution >= 4 is 22.8 Å². The summed E-state index contributed by atoms with van der Waals surface area (Å²) < 4.78 is 7.47. The van der Waals surface area contributed by atoms with Crippen molar-refractivity contribution in [3.63, 3.8) is 0 Å². The van der Waals surface area contributed by atoms with Crippen LogP contribution in [0.4, 0.5) is 0 Å². The van der Waals surface area contributed by atoms with Crippen LogP contribution in [0.15, 0.2) is 42.6 Å². The van der Waals surface area contributed by atoms with E-state index >= 15 is 0 Å². The van der Waals surface area contributed by atoms with Gasteiger partial charge in [0.1, 0.15) is 11.3 Å². The molecule has 0 N–H and O–H groups in total. The van der Waals surface area contributed by atoms with Gasteiger partial charge in [0, 0.05) is 50.7 Å². The number of hydrogen-bond donors (Lipinski definition) is 0. The van der Waals surface area contributed by atoms with Crippen molar-refractivity contribution in [1.82, 2.24) is 24.6 Å². The van der Waals surface area contributed by atoms with Gasteiger partial charge in [0.05, 0.1) is 22.2 Å². The molecule has 5 heterocycles. The Morgan fingerprint density at radius 1 is 1.08 bits per heavy atom. The average Bonchev–Trinajstić information content (AvgIpc) is 3.42. The highest BCUT2D eigenvalue weighted by atomic mass is 16.6. The van der Waals surface area contributed by atoms with Crippen molar-refractivity contribution in [3.05, 3.63) is 48.2 Å². The Bertz CT molecular complexity index is 1360. The molecule has 0 radical (unpaired) electrons. The normalized spacial score (nSPS) is 24.6. The van der Waals surface area contributed by atoms with E-state index in [0.717, 1.165) is 61.8 Å². The van der Waals surface area contributed by atoms with Crippen LogP contribution in [0.3, 0.4) is 0 Å². The smallest absolute Gasteiger partial charge is 0.314 e. The third kappa shape index (κ3) is 4.41. The summed E-state index contributed by atoms with van der Waals surface area (Å²) in [6.07, 6.45) is 6.43. The lowest BCUT2D eigenvalue weighted by Crippen LogP contribution is -2.53. The van der Waals surface area contributed by atoms with Crippen LogP contribution >= 0.6 is 0 Å². The first-order valence-electron chi connectivity index (χ1n) is 13.4. The number of rotatable bonds is 3. The number of aromatic nitrogens is 3. The van der Waals surface area contributed by atoms with Crippen molar-refractivity contribution in [3.8, 4) is 11.4 Å². The molecule has 1 amide bonds. The summed E-state index contributed by atoms with van der Waals surface area (Å²) in [6, 6.07) is 12.0. The van der Waals surface area contributed by atoms with E-state index in [0.29, 0.717) is 30.4 Å². The second-order valence-electron chi connectivity index (χ2n) is 11.7. The maximum absolute atomic E-state index is 13.8. The van der Waals surface area contributed by atoms with E-state index in [1.165, 1.54) is 0 Å². The molecule has 3 saturated heterocycles. The van der Waals surface area contributed by atoms with Crippen molar-refractivity contribution in [2.45, 2.75) is 57.6 Å². The minimum Gasteiger partial charge on any atom is -0.459 e. The number of ether oxygens (including phenoxy) is 1. The van der Waals surface area contributed by atoms with Gasteiger partial charge in [-0.3, -0.25) is 19.2 Å². The van der Waals surface area contributed by atoms with E-state index in [1.54, 1.807) is 4.68 Å². The Labute approximate surface area is 217 Å². The molecule has 194 valence electrons. The fourth-order valence-electron chi connectivity index (χ4n) is 6.71. The fraction of sp³-hybridized carbons (Fsp3) is 0.517. The monoisotopic (exact) mass is 501 g/mol. The molecule has 8 heteroatoms. The largest absolute Gasteiger partial charge is 0.459 e. The molecule has 0 aliphatic carbocycles. The lowest BCUT2D eigenvalue weighted by Gasteiger charge is -2.44. The molecule has 1 atom stereocenters. The number of carbonyl (C=O) groups excluding carboxylic acids is 2. The summed E-state index contributed by atoms with van der Waals surface area (Å²) in [4.78, 5) is 35.9. The molecule has 6 rings (SSSR count). The van der Waals surface area contributed by atoms with Crippen LogP contribution in [0, 0.1) is 5.41 Å². The first-order valence-corrected chi connectivity index (χ1v) is 13.4. The minimum atomic E-state index is -0.378. The summed E-state index contributed by atoms with van der Waals surface area (Å²) in [5.74, 6) is 0.0218. The third-order valence-corrected chi connectivity index (χ3v) is 8.36. The molecule has 37 heavy (non-hydrogen) atoms. The van der Waals surface area contributed by atoms with Crippen molar-refractivity contribution in [2.75, 3.05) is 26.2 Å². The Kier molecular flexibility index (Phi) is 5.82. The Morgan fingerprint density at radius 2 is 1.86 bits per heavy atom. The summed E-state index contributed by atoms with van der Waals surface area (Å²) in [5, 5.41) is 5.37. The molecule has 2 aromatic heterocycles. The predicted octanol–water partition coefficient (Wildman–Crippen LogP) is 4.05. The topological polar surface area (TPSA) is 80.6 Å². The highest BCUT2D eigenvalue weighted by molar-refractivity contribution is 6.07. The van der Waals surface area contributed by atoms with Crippen LogP contribution in [-0.2, 0) is 16.6 Å². The molecule has 3 aromatic rings. The number of piperidine rings is 2. The number of nitrogens with zero attached hydrogens (tertiary/aromatic N) is 5. The molecular weight excluding hydrogens is 466 g/mol. The SMILES string of the molecule is Cn1ccc(-c2cc(C(=O)N3CCC(N4CCCC5(C4)CC(C)(C)OC5=O)CC3)c3ccccc3n2)n1. The number of amides is 1. The summed E-state index contributed by atoms with van der Waals surface area (Å²) in [7, 11) is 1.88. The number of cyclic esters (lactones) is 1. The number of esters is 1. The van der Waals surface area contributed by atoms with Gasteiger partial charge in [0.2, 0.25) is 0 Å². The number of fused-ring (bicyclic) bond motifs is 1. The van der Waals surface area contributed by atoms with Crippen LogP contribution in [-0.4, -0.2) is 74.3 Å². The standard InChI is InChI=1S/C29H35N5O3/c1-28(2)18-29(27(36)37-28)12-6-13-34(19-29)20-9-15-33(16-10-20)26(35)22-17-25(24-11-14-32(3)31-24)30-23-8-5-4-7-21(22)23/h4-5,7-8,11,14,17,20H,6,9-10,12-13,15-16,18-19H2,1-3H3. The van der Waals surface area contributed by atoms with Crippen LogP contribution < -0.4 is 0 Å². The zero-order valence-electron chi connectivity index (χ0n) is 21.9. The van der Waals surface area contributed by atoms with E-state index in [4.69, 9.17) is 9.72 Å². The maximum Gasteiger partial charge on any atom is 0.314 e. The van der Waals surface area contributed by atoms with Gasteiger partial charge >= 0.3 is 5.97 Å². The molecule has 3 aliphatic rings. The lowest BCUT2D eigenvalue weighted by molar-refractivity contribution is -0.154. The van der Waals surface area contributed by atoms with Gasteiger partial charge in [-0.1, -0.05) is 18.2 Å². The van der Waals surface area contributed by atoms with Crippen LogP contribution in [0.25, 0.3) is 22.3 Å². The predicted molar refractivity (Wildman–Crippen MR) is 141 cm³/mol. The lowest BCUT2D eigenvalue weighted by atomic mass is 9.74. The molecule has 0 bridgehead atoms. The van der Waals surface area contributed by atoms with Crippen LogP contribution in [0.1, 0.15) is 56.3 Å². The summed E-state index contributed by atoms with van der Waals surface area (Å²) in [6.45, 7) is 7.24. The average molecular weight is 502 g/mol. The van der Waals surface area contributed by atoms with Gasteiger partial charge in [-0.05, 0) is 64.3 Å². The van der Waals surface area contributed by atoms with Gasteiger partial charge in [-0.2, -0.15) is 5.10 Å². The molecule has 1 spiro atoms. The zero-order valence-corrected chi connectivity index (χ0v) is 21.9. The van der Waals surface area contributed by atoms with Crippen molar-refractivity contribution in [2.24, 2.45) is 12.5 Å². The van der Waals surface area contributed by atoms with Crippen molar-refractivity contribution < 1.29 is 14.3 Å². The number of carbonyl (C=O) groups is 2. The van der Waals surface area contributed by atoms with Crippen LogP contribution in [0.2, 0.25) is 0 Å². The summed E-state index contributed by atoms with van der Waals surface area (Å²) in [5.41, 5.74) is 2.20. The first kappa shape index (κ1) is 24.1. The molecule has 3 fully saturated rings. The van der Waals surface area contributed by atoms with E-state index in [2.05, 4.69) is 10.00 Å². The fourth-order valence-corrected chi connectivity index (χ4v) is 6.71. The van der Waals surface area contributed by atoms with Gasteiger partial charge in [-0.25, -0.2) is 4.98 Å². The molecule has 1 unspecified atom stereocenters. The van der Waals surface area contributed by atoms with Crippen molar-refractivity contribution in [1.29, 1.82) is 0 Å².